The first kappa shape index (κ1) is 12.9. The van der Waals surface area contributed by atoms with Crippen LogP contribution in [0, 0.1) is 0 Å². The number of carbonyl (C=O) groups excluding carboxylic acids is 2. The summed E-state index contributed by atoms with van der Waals surface area (Å²) in [6.45, 7) is 1.55. The SMILES string of the molecule is NC[C@H]1CN(c2ccc(N3CCCC3=O)cc2)C(=O)O1. The zero-order chi connectivity index (χ0) is 14.1. The van der Waals surface area contributed by atoms with Crippen LogP contribution in [0.25, 0.3) is 0 Å². The highest BCUT2D eigenvalue weighted by Gasteiger charge is 2.31. The summed E-state index contributed by atoms with van der Waals surface area (Å²) in [5.74, 6) is 0.154. The van der Waals surface area contributed by atoms with Gasteiger partial charge >= 0.3 is 6.09 Å². The van der Waals surface area contributed by atoms with Gasteiger partial charge in [-0.1, -0.05) is 0 Å². The van der Waals surface area contributed by atoms with E-state index in [2.05, 4.69) is 0 Å². The fourth-order valence-electron chi connectivity index (χ4n) is 2.59. The standard InChI is InChI=1S/C14H17N3O3/c15-8-12-9-17(14(19)20-12)11-5-3-10(4-6-11)16-7-1-2-13(16)18/h3-6,12H,1-2,7-9,15H2/t12-/m0/s1. The van der Waals surface area contributed by atoms with Crippen LogP contribution in [0.4, 0.5) is 16.2 Å². The van der Waals surface area contributed by atoms with Crippen molar-refractivity contribution in [1.82, 2.24) is 0 Å². The molecule has 2 aliphatic rings. The number of benzene rings is 1. The van der Waals surface area contributed by atoms with Crippen LogP contribution in [0.5, 0.6) is 0 Å². The van der Waals surface area contributed by atoms with Gasteiger partial charge in [-0.2, -0.15) is 0 Å². The second-order valence-corrected chi connectivity index (χ2v) is 5.02. The number of amides is 2. The van der Waals surface area contributed by atoms with Crippen molar-refractivity contribution in [3.8, 4) is 0 Å². The minimum atomic E-state index is -0.370. The van der Waals surface area contributed by atoms with Gasteiger partial charge in [-0.05, 0) is 30.7 Å². The summed E-state index contributed by atoms with van der Waals surface area (Å²) in [7, 11) is 0. The van der Waals surface area contributed by atoms with Crippen molar-refractivity contribution >= 4 is 23.4 Å². The van der Waals surface area contributed by atoms with Crippen molar-refractivity contribution in [2.45, 2.75) is 18.9 Å². The van der Waals surface area contributed by atoms with Crippen molar-refractivity contribution in [1.29, 1.82) is 0 Å². The molecule has 2 saturated heterocycles. The number of hydrogen-bond donors (Lipinski definition) is 1. The van der Waals surface area contributed by atoms with Crippen molar-refractivity contribution < 1.29 is 14.3 Å². The number of cyclic esters (lactones) is 1. The highest BCUT2D eigenvalue weighted by atomic mass is 16.6. The molecule has 0 aliphatic carbocycles. The molecule has 1 aromatic carbocycles. The molecular formula is C14H17N3O3. The van der Waals surface area contributed by atoms with E-state index in [9.17, 15) is 9.59 Å². The third-order valence-corrected chi connectivity index (χ3v) is 3.68. The Labute approximate surface area is 117 Å². The van der Waals surface area contributed by atoms with Crippen LogP contribution in [-0.2, 0) is 9.53 Å². The lowest BCUT2D eigenvalue weighted by Crippen LogP contribution is -2.27. The highest BCUT2D eigenvalue weighted by Crippen LogP contribution is 2.26. The third-order valence-electron chi connectivity index (χ3n) is 3.68. The maximum absolute atomic E-state index is 11.7. The van der Waals surface area contributed by atoms with Crippen molar-refractivity contribution in [3.05, 3.63) is 24.3 Å². The lowest BCUT2D eigenvalue weighted by atomic mass is 10.2. The average Bonchev–Trinajstić information content (AvgIpc) is 3.05. The molecule has 106 valence electrons. The Kier molecular flexibility index (Phi) is 3.31. The molecule has 1 atom stereocenters. The van der Waals surface area contributed by atoms with Gasteiger partial charge in [-0.25, -0.2) is 4.79 Å². The summed E-state index contributed by atoms with van der Waals surface area (Å²) in [4.78, 5) is 26.7. The zero-order valence-electron chi connectivity index (χ0n) is 11.1. The number of nitrogens with two attached hydrogens (primary N) is 1. The summed E-state index contributed by atoms with van der Waals surface area (Å²) in [5, 5.41) is 0. The molecule has 0 spiro atoms. The second-order valence-electron chi connectivity index (χ2n) is 5.02. The van der Waals surface area contributed by atoms with Gasteiger partial charge in [-0.15, -0.1) is 0 Å². The quantitative estimate of drug-likeness (QED) is 0.896. The molecule has 2 amide bonds. The van der Waals surface area contributed by atoms with E-state index >= 15 is 0 Å². The summed E-state index contributed by atoms with van der Waals surface area (Å²) in [6.07, 6.45) is 0.892. The smallest absolute Gasteiger partial charge is 0.414 e. The normalized spacial score (nSPS) is 22.6. The van der Waals surface area contributed by atoms with Crippen LogP contribution in [0.3, 0.4) is 0 Å². The molecule has 3 rings (SSSR count). The maximum atomic E-state index is 11.7. The minimum Gasteiger partial charge on any atom is -0.443 e. The van der Waals surface area contributed by atoms with Gasteiger partial charge in [0, 0.05) is 30.9 Å². The zero-order valence-corrected chi connectivity index (χ0v) is 11.1. The molecule has 2 heterocycles. The number of hydrogen-bond acceptors (Lipinski definition) is 4. The molecule has 0 aromatic heterocycles. The molecule has 6 heteroatoms. The van der Waals surface area contributed by atoms with Gasteiger partial charge in [-0.3, -0.25) is 9.69 Å². The van der Waals surface area contributed by atoms with Crippen LogP contribution in [0.15, 0.2) is 24.3 Å². The van der Waals surface area contributed by atoms with Gasteiger partial charge in [0.15, 0.2) is 0 Å². The van der Waals surface area contributed by atoms with E-state index in [4.69, 9.17) is 10.5 Å². The molecular weight excluding hydrogens is 258 g/mol. The lowest BCUT2D eigenvalue weighted by Gasteiger charge is -2.18. The molecule has 0 unspecified atom stereocenters. The predicted octanol–water partition coefficient (Wildman–Crippen LogP) is 1.10. The van der Waals surface area contributed by atoms with Gasteiger partial charge in [0.25, 0.3) is 0 Å². The number of anilines is 2. The topological polar surface area (TPSA) is 75.9 Å². The Morgan fingerprint density at radius 2 is 1.80 bits per heavy atom. The first-order valence-electron chi connectivity index (χ1n) is 6.77. The number of ether oxygens (including phenoxy) is 1. The summed E-state index contributed by atoms with van der Waals surface area (Å²) in [6, 6.07) is 7.39. The molecule has 0 saturated carbocycles. The van der Waals surface area contributed by atoms with Gasteiger partial charge in [0.05, 0.1) is 6.54 Å². The first-order valence-corrected chi connectivity index (χ1v) is 6.77. The van der Waals surface area contributed by atoms with Gasteiger partial charge in [0.2, 0.25) is 5.91 Å². The van der Waals surface area contributed by atoms with E-state index in [-0.39, 0.29) is 18.1 Å². The molecule has 2 aliphatic heterocycles. The van der Waals surface area contributed by atoms with E-state index in [0.29, 0.717) is 19.5 Å². The van der Waals surface area contributed by atoms with E-state index in [1.807, 2.05) is 24.3 Å². The summed E-state index contributed by atoms with van der Waals surface area (Å²) >= 11 is 0. The molecule has 20 heavy (non-hydrogen) atoms. The van der Waals surface area contributed by atoms with Crippen LogP contribution in [-0.4, -0.2) is 37.7 Å². The molecule has 6 nitrogen and oxygen atoms in total. The van der Waals surface area contributed by atoms with Crippen LogP contribution >= 0.6 is 0 Å². The number of rotatable bonds is 3. The van der Waals surface area contributed by atoms with Gasteiger partial charge < -0.3 is 15.4 Å². The second kappa shape index (κ2) is 5.13. The predicted molar refractivity (Wildman–Crippen MR) is 74.7 cm³/mol. The fourth-order valence-corrected chi connectivity index (χ4v) is 2.59. The molecule has 0 bridgehead atoms. The average molecular weight is 275 g/mol. The van der Waals surface area contributed by atoms with Crippen molar-refractivity contribution in [3.63, 3.8) is 0 Å². The Morgan fingerprint density at radius 3 is 2.30 bits per heavy atom. The Morgan fingerprint density at radius 1 is 1.15 bits per heavy atom. The van der Waals surface area contributed by atoms with E-state index in [1.54, 1.807) is 9.80 Å². The maximum Gasteiger partial charge on any atom is 0.414 e. The fraction of sp³-hybridized carbons (Fsp3) is 0.429. The monoisotopic (exact) mass is 275 g/mol. The third kappa shape index (κ3) is 2.22. The Bertz CT molecular complexity index is 529. The van der Waals surface area contributed by atoms with E-state index in [0.717, 1.165) is 24.3 Å². The Hall–Kier alpha value is -2.08. The van der Waals surface area contributed by atoms with Gasteiger partial charge in [0.1, 0.15) is 6.10 Å². The van der Waals surface area contributed by atoms with Crippen molar-refractivity contribution in [2.75, 3.05) is 29.4 Å². The lowest BCUT2D eigenvalue weighted by molar-refractivity contribution is -0.117. The molecule has 0 radical (unpaired) electrons. The molecule has 1 aromatic rings. The van der Waals surface area contributed by atoms with Crippen LogP contribution < -0.4 is 15.5 Å². The Balaban J connectivity index is 1.76. The highest BCUT2D eigenvalue weighted by molar-refractivity contribution is 5.96. The van der Waals surface area contributed by atoms with Crippen LogP contribution in [0.1, 0.15) is 12.8 Å². The number of nitrogens with zero attached hydrogens (tertiary/aromatic N) is 2. The molecule has 2 fully saturated rings. The number of carbonyl (C=O) groups is 2. The minimum absolute atomic E-state index is 0.154. The van der Waals surface area contributed by atoms with E-state index < -0.39 is 0 Å². The van der Waals surface area contributed by atoms with Crippen molar-refractivity contribution in [2.24, 2.45) is 5.73 Å². The van der Waals surface area contributed by atoms with E-state index in [1.165, 1.54) is 0 Å². The first-order chi connectivity index (χ1) is 9.69. The van der Waals surface area contributed by atoms with Crippen LogP contribution in [0.2, 0.25) is 0 Å². The molecule has 2 N–H and O–H groups in total. The largest absolute Gasteiger partial charge is 0.443 e. The summed E-state index contributed by atoms with van der Waals surface area (Å²) in [5.41, 5.74) is 7.15. The summed E-state index contributed by atoms with van der Waals surface area (Å²) < 4.78 is 5.12.